The molecule has 3 aliphatic rings. The van der Waals surface area contributed by atoms with Crippen molar-refractivity contribution in [2.24, 2.45) is 16.8 Å². The number of piperidine rings is 1. The number of hydrogen-bond acceptors (Lipinski definition) is 6. The van der Waals surface area contributed by atoms with E-state index >= 15 is 0 Å². The molecule has 0 bridgehead atoms. The minimum Gasteiger partial charge on any atom is -0.366 e. The molecule has 8 nitrogen and oxygen atoms in total. The van der Waals surface area contributed by atoms with E-state index in [1.54, 1.807) is 7.05 Å². The molecule has 0 spiro atoms. The largest absolute Gasteiger partial charge is 0.366 e. The van der Waals surface area contributed by atoms with Crippen molar-refractivity contribution < 1.29 is 4.79 Å². The fourth-order valence-corrected chi connectivity index (χ4v) is 5.98. The summed E-state index contributed by atoms with van der Waals surface area (Å²) in [7, 11) is 1.81. The SMILES string of the molecule is C/N=C\[C@H]1C[C@H](C(=O)N2CCN(c3ccnn4cc(-c5ccc([C@@H]6CCCNC6)cn5)cc34)CC2)C1. The van der Waals surface area contributed by atoms with Crippen molar-refractivity contribution in [3.05, 3.63) is 48.4 Å². The van der Waals surface area contributed by atoms with Gasteiger partial charge in [-0.25, -0.2) is 4.52 Å². The predicted molar refractivity (Wildman–Crippen MR) is 143 cm³/mol. The van der Waals surface area contributed by atoms with E-state index in [9.17, 15) is 4.79 Å². The predicted octanol–water partition coefficient (Wildman–Crippen LogP) is 3.24. The van der Waals surface area contributed by atoms with Gasteiger partial charge in [0, 0.05) is 76.1 Å². The number of anilines is 1. The Morgan fingerprint density at radius 3 is 2.75 bits per heavy atom. The summed E-state index contributed by atoms with van der Waals surface area (Å²) >= 11 is 0. The first-order valence-corrected chi connectivity index (χ1v) is 13.3. The Morgan fingerprint density at radius 2 is 2.03 bits per heavy atom. The van der Waals surface area contributed by atoms with Gasteiger partial charge in [0.2, 0.25) is 5.91 Å². The fourth-order valence-electron chi connectivity index (χ4n) is 5.98. The Bertz CT molecular complexity index is 1230. The number of carbonyl (C=O) groups excluding carboxylic acids is 1. The van der Waals surface area contributed by atoms with Crippen LogP contribution in [0.5, 0.6) is 0 Å². The Balaban J connectivity index is 1.13. The summed E-state index contributed by atoms with van der Waals surface area (Å²) in [5, 5.41) is 8.05. The molecule has 0 unspecified atom stereocenters. The summed E-state index contributed by atoms with van der Waals surface area (Å²) < 4.78 is 1.95. The van der Waals surface area contributed by atoms with Crippen molar-refractivity contribution in [2.75, 3.05) is 51.2 Å². The highest BCUT2D eigenvalue weighted by Gasteiger charge is 2.36. The molecule has 36 heavy (non-hydrogen) atoms. The van der Waals surface area contributed by atoms with E-state index in [2.05, 4.69) is 55.7 Å². The van der Waals surface area contributed by atoms with Gasteiger partial charge in [0.15, 0.2) is 0 Å². The first-order valence-electron chi connectivity index (χ1n) is 13.3. The highest BCUT2D eigenvalue weighted by molar-refractivity contribution is 5.83. The van der Waals surface area contributed by atoms with E-state index in [0.29, 0.717) is 17.7 Å². The monoisotopic (exact) mass is 485 g/mol. The molecule has 3 aromatic heterocycles. The van der Waals surface area contributed by atoms with Gasteiger partial charge in [-0.1, -0.05) is 6.07 Å². The van der Waals surface area contributed by atoms with Crippen molar-refractivity contribution in [1.29, 1.82) is 0 Å². The summed E-state index contributed by atoms with van der Waals surface area (Å²) in [5.74, 6) is 1.53. The third-order valence-corrected chi connectivity index (χ3v) is 8.15. The number of fused-ring (bicyclic) bond motifs is 1. The van der Waals surface area contributed by atoms with Gasteiger partial charge in [-0.3, -0.25) is 9.78 Å². The number of amides is 1. The summed E-state index contributed by atoms with van der Waals surface area (Å²) in [6, 6.07) is 8.64. The molecule has 0 radical (unpaired) electrons. The molecule has 2 aliphatic heterocycles. The molecule has 1 atom stereocenters. The van der Waals surface area contributed by atoms with Gasteiger partial charge in [-0.15, -0.1) is 0 Å². The number of nitrogens with one attached hydrogen (secondary N) is 1. The number of piperazine rings is 1. The molecule has 1 amide bonds. The highest BCUT2D eigenvalue weighted by atomic mass is 16.2. The molecule has 5 heterocycles. The highest BCUT2D eigenvalue weighted by Crippen LogP contribution is 2.35. The zero-order valence-corrected chi connectivity index (χ0v) is 21.0. The molecular formula is C28H35N7O. The average Bonchev–Trinajstić information content (AvgIpc) is 3.35. The van der Waals surface area contributed by atoms with Crippen LogP contribution in [0.15, 0.2) is 47.8 Å². The number of carbonyl (C=O) groups is 1. The minimum atomic E-state index is 0.175. The summed E-state index contributed by atoms with van der Waals surface area (Å²) in [6.07, 6.45) is 12.3. The zero-order chi connectivity index (χ0) is 24.5. The third-order valence-electron chi connectivity index (χ3n) is 8.15. The first kappa shape index (κ1) is 23.2. The maximum atomic E-state index is 12.9. The van der Waals surface area contributed by atoms with Crippen molar-refractivity contribution in [3.8, 4) is 11.3 Å². The van der Waals surface area contributed by atoms with E-state index in [1.165, 1.54) is 18.4 Å². The van der Waals surface area contributed by atoms with Crippen LogP contribution >= 0.6 is 0 Å². The molecule has 1 N–H and O–H groups in total. The number of rotatable bonds is 5. The van der Waals surface area contributed by atoms with Gasteiger partial charge < -0.3 is 20.1 Å². The lowest BCUT2D eigenvalue weighted by Crippen LogP contribution is -2.52. The van der Waals surface area contributed by atoms with Gasteiger partial charge in [0.05, 0.1) is 16.9 Å². The van der Waals surface area contributed by atoms with Gasteiger partial charge in [-0.05, 0) is 67.8 Å². The Morgan fingerprint density at radius 1 is 1.17 bits per heavy atom. The second-order valence-electron chi connectivity index (χ2n) is 10.4. The standard InChI is InChI=1S/C28H35N7O/c1-29-16-20-13-23(14-20)28(36)34-11-9-33(10-12-34)26-6-8-32-35-19-24(15-27(26)35)25-5-4-22(18-31-25)21-3-2-7-30-17-21/h4-6,8,15-16,18-21,23,30H,2-3,7,9-14,17H2,1H3/b29-16-/t20-,21-,23-/m1/s1. The number of aromatic nitrogens is 3. The summed E-state index contributed by atoms with van der Waals surface area (Å²) in [5.41, 5.74) is 5.61. The Labute approximate surface area is 212 Å². The average molecular weight is 486 g/mol. The number of pyridine rings is 1. The Hall–Kier alpha value is -3.26. The van der Waals surface area contributed by atoms with Crippen molar-refractivity contribution in [1.82, 2.24) is 24.8 Å². The lowest BCUT2D eigenvalue weighted by Gasteiger charge is -2.40. The molecular weight excluding hydrogens is 450 g/mol. The van der Waals surface area contributed by atoms with Crippen molar-refractivity contribution >= 4 is 23.3 Å². The quantitative estimate of drug-likeness (QED) is 0.562. The van der Waals surface area contributed by atoms with Crippen LogP contribution in [0.3, 0.4) is 0 Å². The maximum Gasteiger partial charge on any atom is 0.225 e. The van der Waals surface area contributed by atoms with E-state index in [-0.39, 0.29) is 5.92 Å². The van der Waals surface area contributed by atoms with Gasteiger partial charge in [0.25, 0.3) is 0 Å². The lowest BCUT2D eigenvalue weighted by atomic mass is 9.75. The second kappa shape index (κ2) is 10.0. The van der Waals surface area contributed by atoms with Crippen LogP contribution in [-0.4, -0.2) is 77.9 Å². The number of hydrogen-bond donors (Lipinski definition) is 1. The van der Waals surface area contributed by atoms with E-state index < -0.39 is 0 Å². The van der Waals surface area contributed by atoms with Crippen molar-refractivity contribution in [2.45, 2.75) is 31.6 Å². The maximum absolute atomic E-state index is 12.9. The molecule has 8 heteroatoms. The molecule has 1 saturated carbocycles. The summed E-state index contributed by atoms with van der Waals surface area (Å²) in [4.78, 5) is 26.2. The zero-order valence-electron chi connectivity index (χ0n) is 21.0. The molecule has 188 valence electrons. The molecule has 6 rings (SSSR count). The van der Waals surface area contributed by atoms with Crippen LogP contribution in [-0.2, 0) is 4.79 Å². The lowest BCUT2D eigenvalue weighted by molar-refractivity contribution is -0.139. The van der Waals surface area contributed by atoms with Gasteiger partial charge in [0.1, 0.15) is 0 Å². The fraction of sp³-hybridized carbons (Fsp3) is 0.500. The van der Waals surface area contributed by atoms with Crippen LogP contribution in [0.4, 0.5) is 5.69 Å². The molecule has 1 aliphatic carbocycles. The topological polar surface area (TPSA) is 78.1 Å². The number of nitrogens with zero attached hydrogens (tertiary/aromatic N) is 6. The van der Waals surface area contributed by atoms with Crippen LogP contribution in [0.2, 0.25) is 0 Å². The van der Waals surface area contributed by atoms with Gasteiger partial charge >= 0.3 is 0 Å². The number of aliphatic imine (C=N–C) groups is 1. The minimum absolute atomic E-state index is 0.175. The third kappa shape index (κ3) is 4.50. The van der Waals surface area contributed by atoms with Gasteiger partial charge in [-0.2, -0.15) is 5.10 Å². The van der Waals surface area contributed by atoms with Crippen LogP contribution in [0, 0.1) is 11.8 Å². The molecule has 3 aromatic rings. The van der Waals surface area contributed by atoms with Crippen LogP contribution in [0.25, 0.3) is 16.8 Å². The smallest absolute Gasteiger partial charge is 0.225 e. The van der Waals surface area contributed by atoms with Crippen molar-refractivity contribution in [3.63, 3.8) is 0 Å². The van der Waals surface area contributed by atoms with E-state index in [0.717, 1.165) is 74.6 Å². The second-order valence-corrected chi connectivity index (χ2v) is 10.4. The van der Waals surface area contributed by atoms with E-state index in [1.807, 2.05) is 23.1 Å². The molecule has 3 fully saturated rings. The van der Waals surface area contributed by atoms with E-state index in [4.69, 9.17) is 4.98 Å². The molecule has 0 aromatic carbocycles. The molecule has 2 saturated heterocycles. The Kier molecular flexibility index (Phi) is 6.44. The normalized spacial score (nSPS) is 24.9. The van der Waals surface area contributed by atoms with Crippen LogP contribution < -0.4 is 10.2 Å². The summed E-state index contributed by atoms with van der Waals surface area (Å²) in [6.45, 7) is 5.36. The van der Waals surface area contributed by atoms with Crippen LogP contribution in [0.1, 0.15) is 37.2 Å². The first-order chi connectivity index (χ1) is 17.7.